The van der Waals surface area contributed by atoms with E-state index in [1.54, 1.807) is 0 Å². The third kappa shape index (κ3) is 8.19. The molecule has 33 heavy (non-hydrogen) atoms. The highest BCUT2D eigenvalue weighted by Crippen LogP contribution is 2.31. The highest BCUT2D eigenvalue weighted by molar-refractivity contribution is 7.93. The van der Waals surface area contributed by atoms with Gasteiger partial charge in [-0.1, -0.05) is 26.0 Å². The summed E-state index contributed by atoms with van der Waals surface area (Å²) in [6.07, 6.45) is 2.43. The molecule has 0 saturated heterocycles. The standard InChI is InChI=1S/C22H28FN3O6S/c1-15(2)9-10-33(31,32)26(18-6-4-17(23)5-7-18)22-16(13-24-14-25-22)3-8-19(27)11-20(28)12-21(29)30/h3-8,13-15,19-20,27-28H,9-12H2,1-2H3,(H,29,30)/b8-3+/t19-,20-/m1/s1. The fourth-order valence-electron chi connectivity index (χ4n) is 2.95. The largest absolute Gasteiger partial charge is 0.481 e. The first kappa shape index (κ1) is 26.4. The number of hydrogen-bond acceptors (Lipinski definition) is 7. The van der Waals surface area contributed by atoms with Gasteiger partial charge in [0, 0.05) is 18.2 Å². The summed E-state index contributed by atoms with van der Waals surface area (Å²) in [4.78, 5) is 18.7. The number of aliphatic carboxylic acids is 1. The summed E-state index contributed by atoms with van der Waals surface area (Å²) in [5, 5.41) is 28.5. The van der Waals surface area contributed by atoms with Gasteiger partial charge in [0.15, 0.2) is 5.82 Å². The van der Waals surface area contributed by atoms with E-state index in [-0.39, 0.29) is 35.2 Å². The second kappa shape index (κ2) is 11.8. The van der Waals surface area contributed by atoms with Crippen molar-refractivity contribution in [1.29, 1.82) is 0 Å². The highest BCUT2D eigenvalue weighted by Gasteiger charge is 2.27. The Kier molecular flexibility index (Phi) is 9.44. The first-order valence-electron chi connectivity index (χ1n) is 10.3. The number of halogens is 1. The summed E-state index contributed by atoms with van der Waals surface area (Å²) in [6, 6.07) is 4.94. The lowest BCUT2D eigenvalue weighted by Crippen LogP contribution is -2.30. The zero-order chi connectivity index (χ0) is 24.6. The Bertz CT molecular complexity index is 1060. The number of rotatable bonds is 12. The Balaban J connectivity index is 2.42. The molecule has 0 saturated carbocycles. The van der Waals surface area contributed by atoms with Crippen LogP contribution >= 0.6 is 0 Å². The van der Waals surface area contributed by atoms with Gasteiger partial charge in [0.05, 0.1) is 30.1 Å². The van der Waals surface area contributed by atoms with Crippen molar-refractivity contribution in [1.82, 2.24) is 9.97 Å². The van der Waals surface area contributed by atoms with E-state index >= 15 is 0 Å². The summed E-state index contributed by atoms with van der Waals surface area (Å²) in [5.41, 5.74) is 0.438. The molecule has 0 unspecified atom stereocenters. The van der Waals surface area contributed by atoms with Crippen molar-refractivity contribution >= 4 is 33.6 Å². The second-order valence-electron chi connectivity index (χ2n) is 7.95. The summed E-state index contributed by atoms with van der Waals surface area (Å²) in [6.45, 7) is 3.80. The average Bonchev–Trinajstić information content (AvgIpc) is 2.72. The third-order valence-corrected chi connectivity index (χ3v) is 6.32. The van der Waals surface area contributed by atoms with Crippen LogP contribution in [0, 0.1) is 11.7 Å². The topological polar surface area (TPSA) is 141 Å². The van der Waals surface area contributed by atoms with Crippen molar-refractivity contribution in [3.05, 3.63) is 54.2 Å². The summed E-state index contributed by atoms with van der Waals surface area (Å²) >= 11 is 0. The summed E-state index contributed by atoms with van der Waals surface area (Å²) in [7, 11) is -3.91. The van der Waals surface area contributed by atoms with Crippen molar-refractivity contribution in [2.45, 2.75) is 45.3 Å². The molecule has 1 heterocycles. The van der Waals surface area contributed by atoms with Crippen LogP contribution in [0.4, 0.5) is 15.9 Å². The van der Waals surface area contributed by atoms with Crippen LogP contribution in [0.2, 0.25) is 0 Å². The number of sulfonamides is 1. The second-order valence-corrected chi connectivity index (χ2v) is 9.89. The maximum atomic E-state index is 13.5. The predicted octanol–water partition coefficient (Wildman–Crippen LogP) is 2.73. The lowest BCUT2D eigenvalue weighted by molar-refractivity contribution is -0.139. The van der Waals surface area contributed by atoms with E-state index in [0.29, 0.717) is 6.42 Å². The molecule has 180 valence electrons. The Morgan fingerprint density at radius 1 is 1.21 bits per heavy atom. The van der Waals surface area contributed by atoms with Crippen molar-refractivity contribution in [2.75, 3.05) is 10.1 Å². The number of carboxylic acid groups (broad SMARTS) is 1. The van der Waals surface area contributed by atoms with Gasteiger partial charge in [-0.15, -0.1) is 0 Å². The molecule has 0 aliphatic carbocycles. The van der Waals surface area contributed by atoms with Crippen molar-refractivity contribution in [2.24, 2.45) is 5.92 Å². The van der Waals surface area contributed by atoms with Gasteiger partial charge in [-0.3, -0.25) is 4.79 Å². The molecule has 0 radical (unpaired) electrons. The zero-order valence-electron chi connectivity index (χ0n) is 18.4. The number of nitrogens with zero attached hydrogens (tertiary/aromatic N) is 3. The molecule has 0 aliphatic heterocycles. The molecule has 0 fully saturated rings. The minimum atomic E-state index is -3.91. The van der Waals surface area contributed by atoms with E-state index in [1.165, 1.54) is 36.8 Å². The van der Waals surface area contributed by atoms with Crippen molar-refractivity contribution in [3.63, 3.8) is 0 Å². The number of carboxylic acids is 1. The molecule has 0 aliphatic rings. The Morgan fingerprint density at radius 3 is 2.48 bits per heavy atom. The number of benzene rings is 1. The molecule has 1 aromatic heterocycles. The fourth-order valence-corrected chi connectivity index (χ4v) is 4.76. The first-order chi connectivity index (χ1) is 15.5. The Morgan fingerprint density at radius 2 is 1.88 bits per heavy atom. The minimum Gasteiger partial charge on any atom is -0.481 e. The Hall–Kier alpha value is -2.89. The van der Waals surface area contributed by atoms with E-state index in [9.17, 15) is 27.8 Å². The van der Waals surface area contributed by atoms with Gasteiger partial charge in [-0.25, -0.2) is 27.1 Å². The number of aliphatic hydroxyl groups is 2. The number of carbonyl (C=O) groups is 1. The molecule has 0 amide bonds. The van der Waals surface area contributed by atoms with Crippen LogP contribution in [0.5, 0.6) is 0 Å². The normalized spacial score (nSPS) is 13.9. The lowest BCUT2D eigenvalue weighted by Gasteiger charge is -2.25. The van der Waals surface area contributed by atoms with Crippen LogP contribution in [-0.2, 0) is 14.8 Å². The van der Waals surface area contributed by atoms with Crippen molar-refractivity contribution < 1.29 is 32.9 Å². The lowest BCUT2D eigenvalue weighted by atomic mass is 10.1. The highest BCUT2D eigenvalue weighted by atomic mass is 32.2. The van der Waals surface area contributed by atoms with Crippen LogP contribution in [0.1, 0.15) is 38.7 Å². The number of hydrogen-bond donors (Lipinski definition) is 3. The maximum absolute atomic E-state index is 13.5. The molecule has 0 bridgehead atoms. The van der Waals surface area contributed by atoms with Gasteiger partial charge >= 0.3 is 5.97 Å². The third-order valence-electron chi connectivity index (χ3n) is 4.63. The smallest absolute Gasteiger partial charge is 0.305 e. The van der Waals surface area contributed by atoms with Gasteiger partial charge in [-0.05, 0) is 36.6 Å². The summed E-state index contributed by atoms with van der Waals surface area (Å²) in [5.74, 6) is -1.75. The van der Waals surface area contributed by atoms with Gasteiger partial charge in [0.1, 0.15) is 12.1 Å². The SMILES string of the molecule is CC(C)CCS(=O)(=O)N(c1ccc(F)cc1)c1ncncc1/C=C/[C@@H](O)C[C@@H](O)CC(=O)O. The quantitative estimate of drug-likeness (QED) is 0.420. The molecule has 11 heteroatoms. The molecule has 0 spiro atoms. The molecule has 3 N–H and O–H groups in total. The van der Waals surface area contributed by atoms with Crippen LogP contribution in [-0.4, -0.2) is 57.6 Å². The number of anilines is 2. The number of aliphatic hydroxyl groups excluding tert-OH is 2. The van der Waals surface area contributed by atoms with Gasteiger partial charge in [-0.2, -0.15) is 0 Å². The molecular weight excluding hydrogens is 453 g/mol. The van der Waals surface area contributed by atoms with E-state index in [2.05, 4.69) is 9.97 Å². The Labute approximate surface area is 192 Å². The van der Waals surface area contributed by atoms with E-state index in [4.69, 9.17) is 5.11 Å². The van der Waals surface area contributed by atoms with E-state index < -0.39 is 40.4 Å². The number of aromatic nitrogens is 2. The molecule has 2 atom stereocenters. The zero-order valence-corrected chi connectivity index (χ0v) is 19.2. The predicted molar refractivity (Wildman–Crippen MR) is 122 cm³/mol. The van der Waals surface area contributed by atoms with E-state index in [0.717, 1.165) is 16.4 Å². The molecule has 1 aromatic carbocycles. The van der Waals surface area contributed by atoms with Crippen LogP contribution in [0.3, 0.4) is 0 Å². The van der Waals surface area contributed by atoms with Crippen LogP contribution < -0.4 is 4.31 Å². The van der Waals surface area contributed by atoms with Crippen molar-refractivity contribution in [3.8, 4) is 0 Å². The first-order valence-corrected chi connectivity index (χ1v) is 11.9. The fraction of sp³-hybridized carbons (Fsp3) is 0.409. The monoisotopic (exact) mass is 481 g/mol. The molecule has 2 rings (SSSR count). The maximum Gasteiger partial charge on any atom is 0.305 e. The molecular formula is C22H28FN3O6S. The average molecular weight is 482 g/mol. The van der Waals surface area contributed by atoms with E-state index in [1.807, 2.05) is 13.8 Å². The minimum absolute atomic E-state index is 0.00917. The molecule has 9 nitrogen and oxygen atoms in total. The van der Waals surface area contributed by atoms with Gasteiger partial charge in [0.25, 0.3) is 0 Å². The molecule has 2 aromatic rings. The summed E-state index contributed by atoms with van der Waals surface area (Å²) < 4.78 is 41.0. The van der Waals surface area contributed by atoms with Crippen LogP contribution in [0.25, 0.3) is 6.08 Å². The van der Waals surface area contributed by atoms with Gasteiger partial charge in [0.2, 0.25) is 10.0 Å². The van der Waals surface area contributed by atoms with Gasteiger partial charge < -0.3 is 15.3 Å². The van der Waals surface area contributed by atoms with Crippen LogP contribution in [0.15, 0.2) is 42.9 Å².